The maximum Gasteiger partial charge on any atom is 0.358 e. The predicted octanol–water partition coefficient (Wildman–Crippen LogP) is 2.26. The Labute approximate surface area is 121 Å². The van der Waals surface area contributed by atoms with Gasteiger partial charge in [-0.2, -0.15) is 0 Å². The molecule has 0 N–H and O–H groups in total. The number of halogens is 3. The van der Waals surface area contributed by atoms with Crippen molar-refractivity contribution >= 4 is 46.7 Å². The van der Waals surface area contributed by atoms with Gasteiger partial charge in [-0.3, -0.25) is 0 Å². The van der Waals surface area contributed by atoms with E-state index in [0.29, 0.717) is 0 Å². The number of rotatable bonds is 7. The standard InChI is InChI=1S/C10H15Cl3O5/c1-4-16-7(14)9(11,12)10(13,18-6-3)8(15)17-5-2/h4-6H2,1-3H3. The van der Waals surface area contributed by atoms with Gasteiger partial charge in [0.1, 0.15) is 0 Å². The lowest BCUT2D eigenvalue weighted by Gasteiger charge is -2.33. The van der Waals surface area contributed by atoms with E-state index >= 15 is 0 Å². The van der Waals surface area contributed by atoms with Crippen molar-refractivity contribution in [2.45, 2.75) is 30.2 Å². The van der Waals surface area contributed by atoms with Gasteiger partial charge in [-0.15, -0.1) is 0 Å². The van der Waals surface area contributed by atoms with Gasteiger partial charge >= 0.3 is 11.9 Å². The van der Waals surface area contributed by atoms with Gasteiger partial charge < -0.3 is 14.2 Å². The van der Waals surface area contributed by atoms with Crippen molar-refractivity contribution < 1.29 is 23.8 Å². The lowest BCUT2D eigenvalue weighted by Crippen LogP contribution is -2.56. The summed E-state index contributed by atoms with van der Waals surface area (Å²) in [5.74, 6) is -2.13. The monoisotopic (exact) mass is 320 g/mol. The molecule has 1 unspecified atom stereocenters. The Kier molecular flexibility index (Phi) is 7.29. The largest absolute Gasteiger partial charge is 0.464 e. The highest BCUT2D eigenvalue weighted by molar-refractivity contribution is 6.64. The van der Waals surface area contributed by atoms with Crippen LogP contribution in [0.2, 0.25) is 0 Å². The molecule has 0 aliphatic carbocycles. The maximum absolute atomic E-state index is 11.8. The summed E-state index contributed by atoms with van der Waals surface area (Å²) < 4.78 is 11.9. The van der Waals surface area contributed by atoms with E-state index < -0.39 is 21.3 Å². The molecular weight excluding hydrogens is 306 g/mol. The summed E-state index contributed by atoms with van der Waals surface area (Å²) in [6, 6.07) is 0. The second kappa shape index (κ2) is 7.38. The van der Waals surface area contributed by atoms with Crippen LogP contribution in [0.25, 0.3) is 0 Å². The Balaban J connectivity index is 5.30. The zero-order valence-electron chi connectivity index (χ0n) is 10.3. The van der Waals surface area contributed by atoms with Crippen molar-refractivity contribution in [2.24, 2.45) is 0 Å². The minimum Gasteiger partial charge on any atom is -0.464 e. The topological polar surface area (TPSA) is 61.8 Å². The average molecular weight is 322 g/mol. The number of hydrogen-bond acceptors (Lipinski definition) is 5. The van der Waals surface area contributed by atoms with Crippen LogP contribution in [0.4, 0.5) is 0 Å². The van der Waals surface area contributed by atoms with E-state index in [9.17, 15) is 9.59 Å². The third-order valence-corrected chi connectivity index (χ3v) is 3.40. The molecule has 0 aromatic heterocycles. The summed E-state index contributed by atoms with van der Waals surface area (Å²) >= 11 is 17.6. The van der Waals surface area contributed by atoms with Crippen LogP contribution in [0.1, 0.15) is 20.8 Å². The molecule has 0 rings (SSSR count). The van der Waals surface area contributed by atoms with Gasteiger partial charge in [-0.05, 0) is 20.8 Å². The van der Waals surface area contributed by atoms with E-state index in [1.807, 2.05) is 0 Å². The summed E-state index contributed by atoms with van der Waals surface area (Å²) in [6.45, 7) is 4.75. The molecule has 5 nitrogen and oxygen atoms in total. The van der Waals surface area contributed by atoms with E-state index in [1.54, 1.807) is 20.8 Å². The molecule has 0 amide bonds. The van der Waals surface area contributed by atoms with Crippen LogP contribution in [-0.4, -0.2) is 41.2 Å². The van der Waals surface area contributed by atoms with E-state index in [0.717, 1.165) is 0 Å². The third kappa shape index (κ3) is 3.63. The number of ether oxygens (including phenoxy) is 3. The van der Waals surface area contributed by atoms with Crippen molar-refractivity contribution in [3.63, 3.8) is 0 Å². The molecule has 0 aromatic carbocycles. The molecule has 0 saturated carbocycles. The third-order valence-electron chi connectivity index (χ3n) is 1.82. The first-order chi connectivity index (χ1) is 8.27. The molecule has 0 heterocycles. The Morgan fingerprint density at radius 3 is 1.72 bits per heavy atom. The molecule has 0 aromatic rings. The van der Waals surface area contributed by atoms with Crippen LogP contribution in [0, 0.1) is 0 Å². The highest BCUT2D eigenvalue weighted by Crippen LogP contribution is 2.42. The number of esters is 2. The molecule has 0 bridgehead atoms. The number of carbonyl (C=O) groups excluding carboxylic acids is 2. The highest BCUT2D eigenvalue weighted by Gasteiger charge is 2.62. The van der Waals surface area contributed by atoms with Crippen LogP contribution in [0.5, 0.6) is 0 Å². The minimum absolute atomic E-state index is 0.00289. The molecule has 0 radical (unpaired) electrons. The first-order valence-electron chi connectivity index (χ1n) is 5.32. The molecule has 0 fully saturated rings. The molecular formula is C10H15Cl3O5. The van der Waals surface area contributed by atoms with Crippen LogP contribution >= 0.6 is 34.8 Å². The molecule has 0 aliphatic heterocycles. The van der Waals surface area contributed by atoms with E-state index in [2.05, 4.69) is 4.74 Å². The van der Waals surface area contributed by atoms with Gasteiger partial charge in [0.15, 0.2) is 0 Å². The smallest absolute Gasteiger partial charge is 0.358 e. The highest BCUT2D eigenvalue weighted by atomic mass is 35.5. The van der Waals surface area contributed by atoms with Crippen LogP contribution in [-0.2, 0) is 23.8 Å². The summed E-state index contributed by atoms with van der Waals surface area (Å²) in [4.78, 5) is 23.4. The van der Waals surface area contributed by atoms with Crippen molar-refractivity contribution in [2.75, 3.05) is 19.8 Å². The van der Waals surface area contributed by atoms with Crippen molar-refractivity contribution in [3.8, 4) is 0 Å². The fraction of sp³-hybridized carbons (Fsp3) is 0.800. The van der Waals surface area contributed by atoms with Crippen molar-refractivity contribution in [3.05, 3.63) is 0 Å². The molecule has 0 aliphatic rings. The molecule has 0 spiro atoms. The molecule has 8 heteroatoms. The van der Waals surface area contributed by atoms with Crippen LogP contribution in [0.15, 0.2) is 0 Å². The molecule has 106 valence electrons. The normalized spacial score (nSPS) is 14.8. The van der Waals surface area contributed by atoms with E-state index in [1.165, 1.54) is 0 Å². The second-order valence-corrected chi connectivity index (χ2v) is 4.90. The SMILES string of the molecule is CCOC(=O)C(Cl)(Cl)C(Cl)(OCC)C(=O)OCC. The van der Waals surface area contributed by atoms with Gasteiger partial charge in [-0.1, -0.05) is 34.8 Å². The fourth-order valence-corrected chi connectivity index (χ4v) is 1.67. The van der Waals surface area contributed by atoms with Crippen molar-refractivity contribution in [1.29, 1.82) is 0 Å². The number of alkyl halides is 3. The Bertz CT molecular complexity index is 308. The summed E-state index contributed by atoms with van der Waals surface area (Å²) in [5.41, 5.74) is 0. The molecule has 1 atom stereocenters. The second-order valence-electron chi connectivity index (χ2n) is 3.04. The van der Waals surface area contributed by atoms with Crippen LogP contribution < -0.4 is 0 Å². The predicted molar refractivity (Wildman–Crippen MR) is 67.9 cm³/mol. The zero-order chi connectivity index (χ0) is 14.4. The summed E-state index contributed by atoms with van der Waals surface area (Å²) in [7, 11) is 0. The lowest BCUT2D eigenvalue weighted by atomic mass is 10.2. The van der Waals surface area contributed by atoms with Gasteiger partial charge in [0.05, 0.1) is 13.2 Å². The number of carbonyl (C=O) groups is 2. The average Bonchev–Trinajstić information content (AvgIpc) is 2.29. The minimum atomic E-state index is -2.41. The quantitative estimate of drug-likeness (QED) is 0.531. The molecule has 18 heavy (non-hydrogen) atoms. The first kappa shape index (κ1) is 17.8. The first-order valence-corrected chi connectivity index (χ1v) is 6.46. The molecule has 0 saturated heterocycles. The van der Waals surface area contributed by atoms with Crippen molar-refractivity contribution in [1.82, 2.24) is 0 Å². The van der Waals surface area contributed by atoms with E-state index in [-0.39, 0.29) is 19.8 Å². The zero-order valence-corrected chi connectivity index (χ0v) is 12.6. The summed E-state index contributed by atoms with van der Waals surface area (Å²) in [6.07, 6.45) is 0. The Hall–Kier alpha value is -0.230. The van der Waals surface area contributed by atoms with Gasteiger partial charge in [0, 0.05) is 6.61 Å². The number of hydrogen-bond donors (Lipinski definition) is 0. The van der Waals surface area contributed by atoms with Gasteiger partial charge in [-0.25, -0.2) is 9.59 Å². The lowest BCUT2D eigenvalue weighted by molar-refractivity contribution is -0.169. The van der Waals surface area contributed by atoms with Gasteiger partial charge in [0.25, 0.3) is 9.39 Å². The maximum atomic E-state index is 11.8. The fourth-order valence-electron chi connectivity index (χ4n) is 1.05. The van der Waals surface area contributed by atoms with Crippen LogP contribution in [0.3, 0.4) is 0 Å². The summed E-state index contributed by atoms with van der Waals surface area (Å²) in [5, 5.41) is -2.35. The Morgan fingerprint density at radius 2 is 1.33 bits per heavy atom. The van der Waals surface area contributed by atoms with Gasteiger partial charge in [0.2, 0.25) is 0 Å². The Morgan fingerprint density at radius 1 is 0.889 bits per heavy atom. The van der Waals surface area contributed by atoms with E-state index in [4.69, 9.17) is 44.3 Å².